The fourth-order valence-corrected chi connectivity index (χ4v) is 2.14. The lowest BCUT2D eigenvalue weighted by atomic mass is 10.1. The second-order valence-electron chi connectivity index (χ2n) is 6.60. The van der Waals surface area contributed by atoms with Gasteiger partial charge in [-0.2, -0.15) is 13.2 Å². The van der Waals surface area contributed by atoms with Crippen molar-refractivity contribution in [1.82, 2.24) is 10.6 Å². The number of nitrogens with one attached hydrogen (secondary N) is 2. The van der Waals surface area contributed by atoms with Crippen LogP contribution in [-0.2, 0) is 22.6 Å². The van der Waals surface area contributed by atoms with E-state index in [1.165, 1.54) is 0 Å². The van der Waals surface area contributed by atoms with Crippen LogP contribution in [0.4, 0.5) is 13.2 Å². The first-order valence-electron chi connectivity index (χ1n) is 9.04. The molecule has 1 aromatic carbocycles. The van der Waals surface area contributed by atoms with E-state index >= 15 is 0 Å². The minimum atomic E-state index is -4.30. The molecule has 0 amide bonds. The number of benzene rings is 1. The third kappa shape index (κ3) is 14.0. The zero-order valence-corrected chi connectivity index (χ0v) is 19.0. The van der Waals surface area contributed by atoms with Gasteiger partial charge in [-0.05, 0) is 23.5 Å². The molecule has 1 aromatic rings. The summed E-state index contributed by atoms with van der Waals surface area (Å²) in [4.78, 5) is 4.16. The van der Waals surface area contributed by atoms with Gasteiger partial charge in [0, 0.05) is 33.4 Å². The monoisotopic (exact) mass is 517 g/mol. The predicted octanol–water partition coefficient (Wildman–Crippen LogP) is 4.11. The van der Waals surface area contributed by atoms with Crippen molar-refractivity contribution in [2.45, 2.75) is 39.6 Å². The number of halogens is 4. The highest BCUT2D eigenvalue weighted by Crippen LogP contribution is 2.15. The molecule has 0 saturated heterocycles. The van der Waals surface area contributed by atoms with E-state index < -0.39 is 12.8 Å². The molecule has 0 heterocycles. The van der Waals surface area contributed by atoms with Crippen LogP contribution in [0.3, 0.4) is 0 Å². The van der Waals surface area contributed by atoms with E-state index in [1.54, 1.807) is 19.2 Å². The van der Waals surface area contributed by atoms with E-state index in [9.17, 15) is 13.2 Å². The van der Waals surface area contributed by atoms with E-state index in [2.05, 4.69) is 34.2 Å². The molecule has 9 heteroatoms. The van der Waals surface area contributed by atoms with Crippen molar-refractivity contribution < 1.29 is 22.6 Å². The minimum Gasteiger partial charge on any atom is -0.381 e. The number of aliphatic imine (C=N–C) groups is 1. The Bertz CT molecular complexity index is 552. The molecule has 0 aromatic heterocycles. The standard InChI is InChI=1S/C19H30F3N3O2.HI/c1-15(2)12-26-10-4-9-24-18(23-3)25-11-16-5-7-17(8-6-16)13-27-14-19(20,21)22;/h5-8,15H,4,9-14H2,1-3H3,(H2,23,24,25);1H. The Morgan fingerprint density at radius 1 is 1.07 bits per heavy atom. The van der Waals surface area contributed by atoms with Crippen LogP contribution in [0, 0.1) is 5.92 Å². The summed E-state index contributed by atoms with van der Waals surface area (Å²) in [5, 5.41) is 6.41. The van der Waals surface area contributed by atoms with Crippen molar-refractivity contribution in [3.8, 4) is 0 Å². The van der Waals surface area contributed by atoms with Crippen molar-refractivity contribution in [3.63, 3.8) is 0 Å². The van der Waals surface area contributed by atoms with E-state index in [0.717, 1.165) is 25.1 Å². The van der Waals surface area contributed by atoms with Crippen LogP contribution in [0.15, 0.2) is 29.3 Å². The second-order valence-corrected chi connectivity index (χ2v) is 6.60. The Hall–Kier alpha value is -1.07. The van der Waals surface area contributed by atoms with Crippen molar-refractivity contribution >= 4 is 29.9 Å². The lowest BCUT2D eigenvalue weighted by Gasteiger charge is -2.13. The van der Waals surface area contributed by atoms with Crippen LogP contribution in [0.25, 0.3) is 0 Å². The highest BCUT2D eigenvalue weighted by Gasteiger charge is 2.27. The topological polar surface area (TPSA) is 54.9 Å². The van der Waals surface area contributed by atoms with Gasteiger partial charge in [-0.25, -0.2) is 0 Å². The van der Waals surface area contributed by atoms with Gasteiger partial charge in [0.25, 0.3) is 0 Å². The zero-order valence-electron chi connectivity index (χ0n) is 16.6. The molecule has 0 aliphatic heterocycles. The first kappa shape index (κ1) is 26.9. The molecular formula is C19H31F3IN3O2. The Balaban J connectivity index is 0.00000729. The number of hydrogen-bond donors (Lipinski definition) is 2. The Kier molecular flexibility index (Phi) is 14.3. The normalized spacial score (nSPS) is 12.0. The van der Waals surface area contributed by atoms with E-state index in [-0.39, 0.29) is 30.6 Å². The van der Waals surface area contributed by atoms with Crippen LogP contribution in [0.5, 0.6) is 0 Å². The van der Waals surface area contributed by atoms with Crippen LogP contribution in [-0.4, -0.2) is 45.5 Å². The summed E-state index contributed by atoms with van der Waals surface area (Å²) in [6, 6.07) is 7.23. The third-order valence-electron chi connectivity index (χ3n) is 3.45. The summed E-state index contributed by atoms with van der Waals surface area (Å²) >= 11 is 0. The molecule has 0 atom stereocenters. The second kappa shape index (κ2) is 14.9. The average molecular weight is 517 g/mol. The maximum atomic E-state index is 12.1. The van der Waals surface area contributed by atoms with Crippen LogP contribution < -0.4 is 10.6 Å². The fourth-order valence-electron chi connectivity index (χ4n) is 2.14. The lowest BCUT2D eigenvalue weighted by molar-refractivity contribution is -0.176. The zero-order chi connectivity index (χ0) is 20.1. The SMILES string of the molecule is CN=C(NCCCOCC(C)C)NCc1ccc(COCC(F)(F)F)cc1.I. The molecule has 0 aliphatic rings. The summed E-state index contributed by atoms with van der Waals surface area (Å²) in [5.41, 5.74) is 1.70. The maximum Gasteiger partial charge on any atom is 0.411 e. The Labute approximate surface area is 182 Å². The summed E-state index contributed by atoms with van der Waals surface area (Å²) in [6.07, 6.45) is -3.41. The summed E-state index contributed by atoms with van der Waals surface area (Å²) in [5.74, 6) is 1.23. The number of guanidine groups is 1. The molecule has 0 unspecified atom stereocenters. The number of rotatable bonds is 11. The minimum absolute atomic E-state index is 0. The predicted molar refractivity (Wildman–Crippen MR) is 116 cm³/mol. The highest BCUT2D eigenvalue weighted by atomic mass is 127. The molecule has 0 bridgehead atoms. The Morgan fingerprint density at radius 3 is 2.29 bits per heavy atom. The van der Waals surface area contributed by atoms with Crippen LogP contribution in [0.2, 0.25) is 0 Å². The lowest BCUT2D eigenvalue weighted by Crippen LogP contribution is -2.37. The van der Waals surface area contributed by atoms with Gasteiger partial charge < -0.3 is 20.1 Å². The van der Waals surface area contributed by atoms with Gasteiger partial charge in [-0.3, -0.25) is 4.99 Å². The van der Waals surface area contributed by atoms with Crippen molar-refractivity contribution in [1.29, 1.82) is 0 Å². The molecule has 0 saturated carbocycles. The van der Waals surface area contributed by atoms with Crippen molar-refractivity contribution in [2.75, 3.05) is 33.4 Å². The molecule has 162 valence electrons. The molecule has 0 spiro atoms. The van der Waals surface area contributed by atoms with Gasteiger partial charge in [0.05, 0.1) is 6.61 Å². The van der Waals surface area contributed by atoms with E-state index in [1.807, 2.05) is 12.1 Å². The fraction of sp³-hybridized carbons (Fsp3) is 0.632. The smallest absolute Gasteiger partial charge is 0.381 e. The average Bonchev–Trinajstić information content (AvgIpc) is 2.60. The van der Waals surface area contributed by atoms with Gasteiger partial charge in [0.2, 0.25) is 0 Å². The number of alkyl halides is 3. The number of ether oxygens (including phenoxy) is 2. The summed E-state index contributed by atoms with van der Waals surface area (Å²) < 4.78 is 46.3. The van der Waals surface area contributed by atoms with Gasteiger partial charge in [0.15, 0.2) is 5.96 Å². The maximum absolute atomic E-state index is 12.1. The van der Waals surface area contributed by atoms with Gasteiger partial charge >= 0.3 is 6.18 Å². The van der Waals surface area contributed by atoms with Crippen LogP contribution in [0.1, 0.15) is 31.4 Å². The number of hydrogen-bond acceptors (Lipinski definition) is 3. The molecule has 2 N–H and O–H groups in total. The highest BCUT2D eigenvalue weighted by molar-refractivity contribution is 14.0. The van der Waals surface area contributed by atoms with Gasteiger partial charge in [-0.1, -0.05) is 38.1 Å². The molecule has 28 heavy (non-hydrogen) atoms. The van der Waals surface area contributed by atoms with Crippen molar-refractivity contribution in [2.24, 2.45) is 10.9 Å². The molecule has 1 rings (SSSR count). The summed E-state index contributed by atoms with van der Waals surface area (Å²) in [6.45, 7) is 5.74. The molecule has 0 fully saturated rings. The third-order valence-corrected chi connectivity index (χ3v) is 3.45. The van der Waals surface area contributed by atoms with Gasteiger partial charge in [0.1, 0.15) is 6.61 Å². The molecule has 0 aliphatic carbocycles. The first-order valence-corrected chi connectivity index (χ1v) is 9.04. The van der Waals surface area contributed by atoms with Gasteiger partial charge in [-0.15, -0.1) is 24.0 Å². The molecular weight excluding hydrogens is 486 g/mol. The quantitative estimate of drug-likeness (QED) is 0.201. The first-order chi connectivity index (χ1) is 12.8. The largest absolute Gasteiger partial charge is 0.411 e. The van der Waals surface area contributed by atoms with E-state index in [4.69, 9.17) is 4.74 Å². The molecule has 0 radical (unpaired) electrons. The van der Waals surface area contributed by atoms with Crippen molar-refractivity contribution in [3.05, 3.63) is 35.4 Å². The van der Waals surface area contributed by atoms with E-state index in [0.29, 0.717) is 30.6 Å². The molecule has 5 nitrogen and oxygen atoms in total. The Morgan fingerprint density at radius 2 is 1.71 bits per heavy atom. The van der Waals surface area contributed by atoms with Crippen LogP contribution >= 0.6 is 24.0 Å². The summed E-state index contributed by atoms with van der Waals surface area (Å²) in [7, 11) is 1.70. The number of nitrogens with zero attached hydrogens (tertiary/aromatic N) is 1.